The molecule has 2 rings (SSSR count). The maximum absolute atomic E-state index is 12.2. The predicted octanol–water partition coefficient (Wildman–Crippen LogP) is 2.04. The Balaban J connectivity index is 1.73. The van der Waals surface area contributed by atoms with Crippen LogP contribution in [0.4, 0.5) is 0 Å². The molecule has 1 aliphatic carbocycles. The van der Waals surface area contributed by atoms with Crippen molar-refractivity contribution in [1.29, 1.82) is 0 Å². The standard InChI is InChI=1S/C19H26N2O4/c1-13-8-6-7-11-16(13)21-18(23)14(2)25-17(22)12-20-19(24)15-9-4-3-5-10-15/h3-5,9-10,13-14,16H,6-8,11-12H2,1-2H3,(H,20,24)(H,21,23)/t13-,14-,16+/m1/s1. The summed E-state index contributed by atoms with van der Waals surface area (Å²) < 4.78 is 5.11. The van der Waals surface area contributed by atoms with Gasteiger partial charge in [-0.3, -0.25) is 14.4 Å². The molecular formula is C19H26N2O4. The fraction of sp³-hybridized carbons (Fsp3) is 0.526. The van der Waals surface area contributed by atoms with E-state index in [2.05, 4.69) is 17.6 Å². The molecule has 1 aromatic rings. The molecular weight excluding hydrogens is 320 g/mol. The van der Waals surface area contributed by atoms with Gasteiger partial charge in [0.15, 0.2) is 6.10 Å². The van der Waals surface area contributed by atoms with Gasteiger partial charge in [0, 0.05) is 11.6 Å². The van der Waals surface area contributed by atoms with Crippen molar-refractivity contribution < 1.29 is 19.1 Å². The number of rotatable bonds is 6. The van der Waals surface area contributed by atoms with Gasteiger partial charge in [0.25, 0.3) is 11.8 Å². The molecule has 0 spiro atoms. The average molecular weight is 346 g/mol. The minimum Gasteiger partial charge on any atom is -0.451 e. The van der Waals surface area contributed by atoms with Gasteiger partial charge in [-0.15, -0.1) is 0 Å². The molecule has 1 aliphatic rings. The van der Waals surface area contributed by atoms with Crippen LogP contribution in [0.5, 0.6) is 0 Å². The molecule has 0 aromatic heterocycles. The van der Waals surface area contributed by atoms with Crippen LogP contribution in [0, 0.1) is 5.92 Å². The molecule has 1 aromatic carbocycles. The number of nitrogens with one attached hydrogen (secondary N) is 2. The summed E-state index contributed by atoms with van der Waals surface area (Å²) >= 11 is 0. The summed E-state index contributed by atoms with van der Waals surface area (Å²) in [5.74, 6) is -0.846. The highest BCUT2D eigenvalue weighted by Gasteiger charge is 2.26. The van der Waals surface area contributed by atoms with Crippen molar-refractivity contribution in [2.24, 2.45) is 5.92 Å². The van der Waals surface area contributed by atoms with Crippen LogP contribution in [0.3, 0.4) is 0 Å². The second-order valence-corrected chi connectivity index (χ2v) is 6.56. The highest BCUT2D eigenvalue weighted by Crippen LogP contribution is 2.23. The van der Waals surface area contributed by atoms with Gasteiger partial charge in [0.2, 0.25) is 0 Å². The maximum Gasteiger partial charge on any atom is 0.326 e. The van der Waals surface area contributed by atoms with Crippen LogP contribution in [0.15, 0.2) is 30.3 Å². The van der Waals surface area contributed by atoms with E-state index in [1.54, 1.807) is 37.3 Å². The van der Waals surface area contributed by atoms with Gasteiger partial charge < -0.3 is 15.4 Å². The molecule has 6 nitrogen and oxygen atoms in total. The SMILES string of the molecule is C[C@@H]1CCCC[C@@H]1NC(=O)[C@@H](C)OC(=O)CNC(=O)c1ccccc1. The molecule has 0 aliphatic heterocycles. The summed E-state index contributed by atoms with van der Waals surface area (Å²) in [5.41, 5.74) is 0.465. The molecule has 3 atom stereocenters. The van der Waals surface area contributed by atoms with Crippen LogP contribution in [0.25, 0.3) is 0 Å². The lowest BCUT2D eigenvalue weighted by Gasteiger charge is -2.30. The zero-order valence-electron chi connectivity index (χ0n) is 14.8. The molecule has 0 unspecified atom stereocenters. The lowest BCUT2D eigenvalue weighted by Crippen LogP contribution is -2.46. The van der Waals surface area contributed by atoms with E-state index in [1.165, 1.54) is 6.42 Å². The van der Waals surface area contributed by atoms with Crippen molar-refractivity contribution in [3.63, 3.8) is 0 Å². The third kappa shape index (κ3) is 5.89. The third-order valence-electron chi connectivity index (χ3n) is 4.55. The Morgan fingerprint density at radius 2 is 1.84 bits per heavy atom. The van der Waals surface area contributed by atoms with E-state index in [1.807, 2.05) is 0 Å². The smallest absolute Gasteiger partial charge is 0.326 e. The van der Waals surface area contributed by atoms with Gasteiger partial charge in [-0.1, -0.05) is 38.0 Å². The molecule has 0 radical (unpaired) electrons. The first-order chi connectivity index (χ1) is 12.0. The van der Waals surface area contributed by atoms with Crippen LogP contribution < -0.4 is 10.6 Å². The molecule has 0 bridgehead atoms. The molecule has 136 valence electrons. The third-order valence-corrected chi connectivity index (χ3v) is 4.55. The molecule has 25 heavy (non-hydrogen) atoms. The molecule has 6 heteroatoms. The fourth-order valence-electron chi connectivity index (χ4n) is 2.97. The quantitative estimate of drug-likeness (QED) is 0.772. The number of hydrogen-bond donors (Lipinski definition) is 2. The Bertz CT molecular complexity index is 603. The minimum atomic E-state index is -0.879. The van der Waals surface area contributed by atoms with E-state index in [9.17, 15) is 14.4 Å². The summed E-state index contributed by atoms with van der Waals surface area (Å²) in [4.78, 5) is 35.9. The summed E-state index contributed by atoms with van der Waals surface area (Å²) in [6.45, 7) is 3.39. The first kappa shape index (κ1) is 19.0. The van der Waals surface area contributed by atoms with Crippen molar-refractivity contribution in [3.8, 4) is 0 Å². The Morgan fingerprint density at radius 3 is 2.52 bits per heavy atom. The second-order valence-electron chi connectivity index (χ2n) is 6.56. The van der Waals surface area contributed by atoms with E-state index in [0.717, 1.165) is 19.3 Å². The summed E-state index contributed by atoms with van der Waals surface area (Å²) in [6, 6.07) is 8.74. The molecule has 0 heterocycles. The lowest BCUT2D eigenvalue weighted by molar-refractivity contribution is -0.154. The van der Waals surface area contributed by atoms with Crippen LogP contribution in [0.2, 0.25) is 0 Å². The molecule has 1 fully saturated rings. The highest BCUT2D eigenvalue weighted by molar-refractivity contribution is 5.96. The molecule has 2 N–H and O–H groups in total. The summed E-state index contributed by atoms with van der Waals surface area (Å²) in [7, 11) is 0. The van der Waals surface area contributed by atoms with E-state index in [0.29, 0.717) is 11.5 Å². The van der Waals surface area contributed by atoms with Gasteiger partial charge in [0.05, 0.1) is 0 Å². The van der Waals surface area contributed by atoms with Crippen molar-refractivity contribution in [2.45, 2.75) is 51.7 Å². The van der Waals surface area contributed by atoms with Crippen molar-refractivity contribution in [1.82, 2.24) is 10.6 Å². The zero-order valence-corrected chi connectivity index (χ0v) is 14.8. The van der Waals surface area contributed by atoms with Crippen molar-refractivity contribution >= 4 is 17.8 Å². The van der Waals surface area contributed by atoms with E-state index >= 15 is 0 Å². The zero-order chi connectivity index (χ0) is 18.2. The van der Waals surface area contributed by atoms with Gasteiger partial charge in [-0.2, -0.15) is 0 Å². The number of ether oxygens (including phenoxy) is 1. The van der Waals surface area contributed by atoms with Gasteiger partial charge >= 0.3 is 5.97 Å². The summed E-state index contributed by atoms with van der Waals surface area (Å²) in [5, 5.41) is 5.45. The van der Waals surface area contributed by atoms with Crippen LogP contribution in [0.1, 0.15) is 49.9 Å². The number of benzene rings is 1. The largest absolute Gasteiger partial charge is 0.451 e. The molecule has 2 amide bonds. The first-order valence-electron chi connectivity index (χ1n) is 8.80. The fourth-order valence-corrected chi connectivity index (χ4v) is 2.97. The predicted molar refractivity (Wildman–Crippen MR) is 93.9 cm³/mol. The van der Waals surface area contributed by atoms with Crippen LogP contribution in [-0.4, -0.2) is 36.5 Å². The number of esters is 1. The monoisotopic (exact) mass is 346 g/mol. The Hall–Kier alpha value is -2.37. The Morgan fingerprint density at radius 1 is 1.16 bits per heavy atom. The van der Waals surface area contributed by atoms with Gasteiger partial charge in [0.1, 0.15) is 6.54 Å². The van der Waals surface area contributed by atoms with Crippen molar-refractivity contribution in [2.75, 3.05) is 6.54 Å². The highest BCUT2D eigenvalue weighted by atomic mass is 16.5. The van der Waals surface area contributed by atoms with Crippen LogP contribution >= 0.6 is 0 Å². The number of hydrogen-bond acceptors (Lipinski definition) is 4. The summed E-state index contributed by atoms with van der Waals surface area (Å²) in [6.07, 6.45) is 3.48. The lowest BCUT2D eigenvalue weighted by atomic mass is 9.86. The van der Waals surface area contributed by atoms with Crippen molar-refractivity contribution in [3.05, 3.63) is 35.9 Å². The van der Waals surface area contributed by atoms with Crippen LogP contribution in [-0.2, 0) is 14.3 Å². The maximum atomic E-state index is 12.2. The molecule has 1 saturated carbocycles. The molecule has 0 saturated heterocycles. The number of carbonyl (C=O) groups excluding carboxylic acids is 3. The van der Waals surface area contributed by atoms with E-state index < -0.39 is 12.1 Å². The van der Waals surface area contributed by atoms with Gasteiger partial charge in [-0.05, 0) is 37.8 Å². The van der Waals surface area contributed by atoms with Gasteiger partial charge in [-0.25, -0.2) is 0 Å². The Labute approximate surface area is 148 Å². The minimum absolute atomic E-state index is 0.139. The number of carbonyl (C=O) groups is 3. The Kier molecular flexibility index (Phi) is 6.98. The topological polar surface area (TPSA) is 84.5 Å². The average Bonchev–Trinajstić information content (AvgIpc) is 2.62. The normalized spacial score (nSPS) is 21.0. The van der Waals surface area contributed by atoms with E-state index in [4.69, 9.17) is 4.74 Å². The van der Waals surface area contributed by atoms with E-state index in [-0.39, 0.29) is 24.4 Å². The number of amides is 2. The second kappa shape index (κ2) is 9.20. The first-order valence-corrected chi connectivity index (χ1v) is 8.80.